The molecule has 0 N–H and O–H groups in total. The first-order valence-corrected chi connectivity index (χ1v) is 10.3. The van der Waals surface area contributed by atoms with Crippen LogP contribution in [0.5, 0.6) is 5.75 Å². The molecule has 136 valence electrons. The van der Waals surface area contributed by atoms with Crippen molar-refractivity contribution in [2.75, 3.05) is 12.9 Å². The minimum Gasteiger partial charge on any atom is -0.493 e. The van der Waals surface area contributed by atoms with Crippen molar-refractivity contribution in [2.45, 2.75) is 18.2 Å². The van der Waals surface area contributed by atoms with Crippen molar-refractivity contribution < 1.29 is 13.2 Å². The van der Waals surface area contributed by atoms with Gasteiger partial charge in [0.25, 0.3) is 5.56 Å². The molecule has 0 bridgehead atoms. The summed E-state index contributed by atoms with van der Waals surface area (Å²) >= 11 is 0. The van der Waals surface area contributed by atoms with E-state index in [1.807, 2.05) is 25.1 Å². The average Bonchev–Trinajstić information content (AvgIpc) is 2.62. The molecule has 1 aromatic heterocycles. The molecule has 0 spiro atoms. The molecular weight excluding hydrogens is 350 g/mol. The fraction of sp³-hybridized carbons (Fsp3) is 0.250. The van der Waals surface area contributed by atoms with Crippen LogP contribution in [0.3, 0.4) is 0 Å². The first-order chi connectivity index (χ1) is 12.3. The molecule has 1 heterocycles. The Kier molecular flexibility index (Phi) is 4.87. The van der Waals surface area contributed by atoms with E-state index in [2.05, 4.69) is 0 Å². The third kappa shape index (κ3) is 3.37. The minimum absolute atomic E-state index is 0.0976. The summed E-state index contributed by atoms with van der Waals surface area (Å²) in [6, 6.07) is 12.2. The van der Waals surface area contributed by atoms with Gasteiger partial charge in [-0.25, -0.2) is 8.42 Å². The van der Waals surface area contributed by atoms with Crippen molar-refractivity contribution in [3.05, 3.63) is 59.0 Å². The Morgan fingerprint density at radius 3 is 2.38 bits per heavy atom. The summed E-state index contributed by atoms with van der Waals surface area (Å²) < 4.78 is 31.4. The number of benzene rings is 2. The monoisotopic (exact) mass is 371 g/mol. The van der Waals surface area contributed by atoms with E-state index in [0.717, 1.165) is 17.4 Å². The summed E-state index contributed by atoms with van der Waals surface area (Å²) in [5.74, 6) is 0.600. The van der Waals surface area contributed by atoms with E-state index in [4.69, 9.17) is 4.74 Å². The van der Waals surface area contributed by atoms with Gasteiger partial charge < -0.3 is 9.30 Å². The third-order valence-corrected chi connectivity index (χ3v) is 5.33. The fourth-order valence-electron chi connectivity index (χ4n) is 2.92. The Balaban J connectivity index is 2.36. The van der Waals surface area contributed by atoms with E-state index >= 15 is 0 Å². The molecule has 3 aromatic rings. The van der Waals surface area contributed by atoms with Gasteiger partial charge in [0.2, 0.25) is 0 Å². The van der Waals surface area contributed by atoms with Crippen molar-refractivity contribution in [3.63, 3.8) is 0 Å². The Labute approximate surface area is 152 Å². The largest absolute Gasteiger partial charge is 0.493 e. The van der Waals surface area contributed by atoms with Crippen LogP contribution in [0.25, 0.3) is 21.9 Å². The first-order valence-electron chi connectivity index (χ1n) is 8.38. The predicted octanol–water partition coefficient (Wildman–Crippen LogP) is 3.40. The Morgan fingerprint density at radius 1 is 1.04 bits per heavy atom. The molecule has 3 rings (SSSR count). The van der Waals surface area contributed by atoms with Gasteiger partial charge in [-0.05, 0) is 36.1 Å². The lowest BCUT2D eigenvalue weighted by atomic mass is 10.00. The van der Waals surface area contributed by atoms with E-state index in [9.17, 15) is 13.2 Å². The molecule has 0 saturated carbocycles. The van der Waals surface area contributed by atoms with Crippen LogP contribution in [0.2, 0.25) is 0 Å². The maximum atomic E-state index is 12.4. The van der Waals surface area contributed by atoms with Gasteiger partial charge in [0.05, 0.1) is 11.5 Å². The zero-order valence-corrected chi connectivity index (χ0v) is 15.8. The highest BCUT2D eigenvalue weighted by Gasteiger charge is 2.17. The lowest BCUT2D eigenvalue weighted by Crippen LogP contribution is -2.16. The molecule has 0 fully saturated rings. The lowest BCUT2D eigenvalue weighted by Gasteiger charge is -2.15. The molecule has 0 aliphatic heterocycles. The van der Waals surface area contributed by atoms with E-state index in [1.165, 1.54) is 10.8 Å². The van der Waals surface area contributed by atoms with Crippen LogP contribution < -0.4 is 10.3 Å². The van der Waals surface area contributed by atoms with Crippen molar-refractivity contribution in [1.29, 1.82) is 0 Å². The minimum atomic E-state index is -3.37. The van der Waals surface area contributed by atoms with Gasteiger partial charge in [-0.3, -0.25) is 4.79 Å². The molecule has 0 amide bonds. The molecule has 0 aliphatic carbocycles. The van der Waals surface area contributed by atoms with Crippen molar-refractivity contribution in [3.8, 4) is 16.9 Å². The Morgan fingerprint density at radius 2 is 1.73 bits per heavy atom. The number of aryl methyl sites for hydroxylation is 1. The normalized spacial score (nSPS) is 11.7. The second kappa shape index (κ2) is 6.96. The maximum absolute atomic E-state index is 12.4. The van der Waals surface area contributed by atoms with Gasteiger partial charge in [-0.1, -0.05) is 25.1 Å². The summed E-state index contributed by atoms with van der Waals surface area (Å²) in [4.78, 5) is 12.6. The molecule has 5 nitrogen and oxygen atoms in total. The molecule has 0 atom stereocenters. The number of aromatic nitrogens is 1. The van der Waals surface area contributed by atoms with Crippen LogP contribution in [0, 0.1) is 0 Å². The van der Waals surface area contributed by atoms with E-state index in [1.54, 1.807) is 37.5 Å². The molecule has 0 radical (unpaired) electrons. The zero-order valence-electron chi connectivity index (χ0n) is 15.0. The topological polar surface area (TPSA) is 65.4 Å². The highest BCUT2D eigenvalue weighted by atomic mass is 32.2. The summed E-state index contributed by atoms with van der Waals surface area (Å²) in [6.45, 7) is 2.53. The molecule has 0 aliphatic rings. The molecule has 0 unspecified atom stereocenters. The number of hydrogen-bond donors (Lipinski definition) is 0. The Hall–Kier alpha value is -2.60. The third-order valence-electron chi connectivity index (χ3n) is 4.22. The van der Waals surface area contributed by atoms with Crippen LogP contribution in [-0.2, 0) is 16.9 Å². The van der Waals surface area contributed by atoms with E-state index in [0.29, 0.717) is 23.3 Å². The summed E-state index contributed by atoms with van der Waals surface area (Å²) in [5.41, 5.74) is 1.33. The second-order valence-corrected chi connectivity index (χ2v) is 8.30. The SMILES string of the molecule is CCCOc1ccc(S(C)(=O)=O)cc1-c1cn(C)c(=O)c2ccccc12. The molecular formula is C20H21NO4S. The highest BCUT2D eigenvalue weighted by molar-refractivity contribution is 7.90. The smallest absolute Gasteiger partial charge is 0.258 e. The molecule has 6 heteroatoms. The lowest BCUT2D eigenvalue weighted by molar-refractivity contribution is 0.318. The van der Waals surface area contributed by atoms with Crippen LogP contribution in [0.15, 0.2) is 58.4 Å². The van der Waals surface area contributed by atoms with E-state index < -0.39 is 9.84 Å². The van der Waals surface area contributed by atoms with Crippen molar-refractivity contribution >= 4 is 20.6 Å². The molecule has 26 heavy (non-hydrogen) atoms. The van der Waals surface area contributed by atoms with Crippen LogP contribution in [0.4, 0.5) is 0 Å². The first kappa shape index (κ1) is 18.2. The van der Waals surface area contributed by atoms with Crippen LogP contribution >= 0.6 is 0 Å². The van der Waals surface area contributed by atoms with Crippen molar-refractivity contribution in [2.24, 2.45) is 7.05 Å². The number of nitrogens with zero attached hydrogens (tertiary/aromatic N) is 1. The van der Waals surface area contributed by atoms with Crippen LogP contribution in [0.1, 0.15) is 13.3 Å². The fourth-order valence-corrected chi connectivity index (χ4v) is 3.57. The van der Waals surface area contributed by atoms with Gasteiger partial charge in [-0.15, -0.1) is 0 Å². The van der Waals surface area contributed by atoms with Crippen LogP contribution in [-0.4, -0.2) is 25.8 Å². The standard InChI is InChI=1S/C20H21NO4S/c1-4-11-25-19-10-9-14(26(3,23)24)12-17(19)18-13-21(2)20(22)16-8-6-5-7-15(16)18/h5-10,12-13H,4,11H2,1-3H3. The average molecular weight is 371 g/mol. The molecule has 0 saturated heterocycles. The molecule has 2 aromatic carbocycles. The number of ether oxygens (including phenoxy) is 1. The van der Waals surface area contributed by atoms with Gasteiger partial charge in [0, 0.05) is 36.0 Å². The highest BCUT2D eigenvalue weighted by Crippen LogP contribution is 2.36. The quantitative estimate of drug-likeness (QED) is 0.689. The number of pyridine rings is 1. The summed E-state index contributed by atoms with van der Waals surface area (Å²) in [6.07, 6.45) is 3.74. The number of rotatable bonds is 5. The van der Waals surface area contributed by atoms with Gasteiger partial charge in [0.1, 0.15) is 5.75 Å². The second-order valence-electron chi connectivity index (χ2n) is 6.28. The summed E-state index contributed by atoms with van der Waals surface area (Å²) in [5, 5.41) is 1.35. The zero-order chi connectivity index (χ0) is 18.9. The maximum Gasteiger partial charge on any atom is 0.258 e. The Bertz CT molecular complexity index is 1130. The number of fused-ring (bicyclic) bond motifs is 1. The van der Waals surface area contributed by atoms with Gasteiger partial charge >= 0.3 is 0 Å². The summed E-state index contributed by atoms with van der Waals surface area (Å²) in [7, 11) is -1.68. The number of hydrogen-bond acceptors (Lipinski definition) is 4. The van der Waals surface area contributed by atoms with Gasteiger partial charge in [0.15, 0.2) is 9.84 Å². The predicted molar refractivity (Wildman–Crippen MR) is 104 cm³/mol. The number of sulfone groups is 1. The van der Waals surface area contributed by atoms with Gasteiger partial charge in [-0.2, -0.15) is 0 Å². The van der Waals surface area contributed by atoms with Crippen molar-refractivity contribution in [1.82, 2.24) is 4.57 Å². The van der Waals surface area contributed by atoms with E-state index in [-0.39, 0.29) is 10.5 Å².